The van der Waals surface area contributed by atoms with Gasteiger partial charge in [-0.25, -0.2) is 9.78 Å². The fraction of sp³-hybridized carbons (Fsp3) is 0.273. The number of hydrogen-bond acceptors (Lipinski definition) is 3. The van der Waals surface area contributed by atoms with Gasteiger partial charge in [-0.3, -0.25) is 5.32 Å². The van der Waals surface area contributed by atoms with E-state index >= 15 is 0 Å². The Balaban J connectivity index is 2.59. The van der Waals surface area contributed by atoms with E-state index in [0.29, 0.717) is 5.56 Å². The predicted molar refractivity (Wildman–Crippen MR) is 61.3 cm³/mol. The van der Waals surface area contributed by atoms with Crippen molar-refractivity contribution >= 4 is 11.8 Å². The van der Waals surface area contributed by atoms with E-state index in [4.69, 9.17) is 5.11 Å². The summed E-state index contributed by atoms with van der Waals surface area (Å²) in [5.41, 5.74) is 0.468. The highest BCUT2D eigenvalue weighted by Gasteiger charge is 2.27. The summed E-state index contributed by atoms with van der Waals surface area (Å²) < 4.78 is 35.6. The minimum Gasteiger partial charge on any atom is -0.384 e. The number of urea groups is 1. The maximum atomic E-state index is 11.9. The highest BCUT2D eigenvalue weighted by molar-refractivity contribution is 5.88. The zero-order valence-corrected chi connectivity index (χ0v) is 9.58. The molecule has 1 aromatic heterocycles. The topological polar surface area (TPSA) is 74.2 Å². The quantitative estimate of drug-likeness (QED) is 0.707. The molecule has 1 aromatic rings. The number of amides is 2. The van der Waals surface area contributed by atoms with Gasteiger partial charge in [0.25, 0.3) is 0 Å². The second kappa shape index (κ2) is 6.61. The van der Waals surface area contributed by atoms with Crippen molar-refractivity contribution in [2.24, 2.45) is 0 Å². The number of halogens is 3. The van der Waals surface area contributed by atoms with Crippen molar-refractivity contribution in [2.45, 2.75) is 6.18 Å². The average molecular weight is 273 g/mol. The van der Waals surface area contributed by atoms with Crippen LogP contribution in [0.3, 0.4) is 0 Å². The Labute approximate surface area is 106 Å². The van der Waals surface area contributed by atoms with Gasteiger partial charge < -0.3 is 10.4 Å². The van der Waals surface area contributed by atoms with Crippen molar-refractivity contribution in [3.63, 3.8) is 0 Å². The Morgan fingerprint density at radius 1 is 1.47 bits per heavy atom. The summed E-state index contributed by atoms with van der Waals surface area (Å²) in [7, 11) is 0. The third kappa shape index (κ3) is 6.28. The van der Waals surface area contributed by atoms with Crippen LogP contribution >= 0.6 is 0 Å². The summed E-state index contributed by atoms with van der Waals surface area (Å²) in [4.78, 5) is 14.9. The molecule has 3 N–H and O–H groups in total. The van der Waals surface area contributed by atoms with Gasteiger partial charge in [-0.1, -0.05) is 11.8 Å². The molecule has 0 fully saturated rings. The van der Waals surface area contributed by atoms with E-state index in [1.54, 1.807) is 5.32 Å². The van der Waals surface area contributed by atoms with Crippen molar-refractivity contribution in [1.82, 2.24) is 10.3 Å². The number of hydrogen-bond donors (Lipinski definition) is 3. The lowest BCUT2D eigenvalue weighted by Gasteiger charge is -2.09. The zero-order chi connectivity index (χ0) is 14.3. The molecule has 19 heavy (non-hydrogen) atoms. The molecule has 0 aromatic carbocycles. The average Bonchev–Trinajstić information content (AvgIpc) is 2.33. The molecule has 0 aliphatic carbocycles. The molecule has 0 spiro atoms. The number of aliphatic hydroxyl groups excluding tert-OH is 1. The Morgan fingerprint density at radius 3 is 2.84 bits per heavy atom. The first-order chi connectivity index (χ1) is 8.90. The predicted octanol–water partition coefficient (Wildman–Crippen LogP) is 1.11. The third-order valence-corrected chi connectivity index (χ3v) is 1.76. The summed E-state index contributed by atoms with van der Waals surface area (Å²) >= 11 is 0. The molecule has 0 unspecified atom stereocenters. The van der Waals surface area contributed by atoms with Crippen molar-refractivity contribution < 1.29 is 23.1 Å². The minimum atomic E-state index is -4.47. The molecule has 1 rings (SSSR count). The number of nitrogens with one attached hydrogen (secondary N) is 2. The molecule has 2 amide bonds. The normalized spacial score (nSPS) is 10.3. The van der Waals surface area contributed by atoms with E-state index in [0.717, 1.165) is 0 Å². The van der Waals surface area contributed by atoms with Crippen LogP contribution in [0.15, 0.2) is 18.3 Å². The van der Waals surface area contributed by atoms with Crippen molar-refractivity contribution in [2.75, 3.05) is 18.5 Å². The molecular weight excluding hydrogens is 263 g/mol. The molecule has 0 saturated carbocycles. The summed E-state index contributed by atoms with van der Waals surface area (Å²) in [6, 6.07) is 1.88. The van der Waals surface area contributed by atoms with Crippen LogP contribution in [-0.4, -0.2) is 35.4 Å². The summed E-state index contributed by atoms with van der Waals surface area (Å²) in [5, 5.41) is 12.3. The first kappa shape index (κ1) is 14.8. The minimum absolute atomic E-state index is 0.0596. The van der Waals surface area contributed by atoms with Crippen LogP contribution in [-0.2, 0) is 0 Å². The van der Waals surface area contributed by atoms with Gasteiger partial charge in [0.05, 0.1) is 0 Å². The molecule has 5 nitrogen and oxygen atoms in total. The van der Waals surface area contributed by atoms with Gasteiger partial charge in [0.2, 0.25) is 0 Å². The standard InChI is InChI=1S/C11H10F3N3O2/c12-11(13,14)7-16-10(19)17-9-6-8(2-1-5-18)3-4-15-9/h3-4,6,18H,5,7H2,(H2,15,16,17,19). The van der Waals surface area contributed by atoms with E-state index in [9.17, 15) is 18.0 Å². The highest BCUT2D eigenvalue weighted by Crippen LogP contribution is 2.12. The first-order valence-corrected chi connectivity index (χ1v) is 5.08. The van der Waals surface area contributed by atoms with Crippen LogP contribution in [0, 0.1) is 11.8 Å². The van der Waals surface area contributed by atoms with Crippen LogP contribution in [0.25, 0.3) is 0 Å². The largest absolute Gasteiger partial charge is 0.405 e. The lowest BCUT2D eigenvalue weighted by molar-refractivity contribution is -0.122. The number of rotatable bonds is 2. The Hall–Kier alpha value is -2.27. The van der Waals surface area contributed by atoms with Crippen LogP contribution in [0.1, 0.15) is 5.56 Å². The fourth-order valence-electron chi connectivity index (χ4n) is 1.06. The van der Waals surface area contributed by atoms with Crippen LogP contribution < -0.4 is 10.6 Å². The maximum absolute atomic E-state index is 11.9. The van der Waals surface area contributed by atoms with Gasteiger partial charge in [-0.15, -0.1) is 0 Å². The van der Waals surface area contributed by atoms with Gasteiger partial charge in [-0.05, 0) is 12.1 Å². The Kier molecular flexibility index (Phi) is 5.14. The number of anilines is 1. The Morgan fingerprint density at radius 2 is 2.21 bits per heavy atom. The number of aliphatic hydroxyl groups is 1. The molecule has 8 heteroatoms. The fourth-order valence-corrected chi connectivity index (χ4v) is 1.06. The van der Waals surface area contributed by atoms with Gasteiger partial charge in [0, 0.05) is 11.8 Å². The first-order valence-electron chi connectivity index (χ1n) is 5.08. The molecule has 0 aliphatic rings. The van der Waals surface area contributed by atoms with E-state index in [2.05, 4.69) is 22.1 Å². The molecule has 102 valence electrons. The van der Waals surface area contributed by atoms with Crippen molar-refractivity contribution in [1.29, 1.82) is 0 Å². The van der Waals surface area contributed by atoms with E-state index in [-0.39, 0.29) is 12.4 Å². The number of carbonyl (C=O) groups excluding carboxylic acids is 1. The second-order valence-electron chi connectivity index (χ2n) is 3.31. The monoisotopic (exact) mass is 273 g/mol. The number of carbonyl (C=O) groups is 1. The van der Waals surface area contributed by atoms with Gasteiger partial charge in [0.15, 0.2) is 0 Å². The lowest BCUT2D eigenvalue weighted by Crippen LogP contribution is -2.36. The Bertz CT molecular complexity index is 506. The summed E-state index contributed by atoms with van der Waals surface area (Å²) in [6.07, 6.45) is -3.14. The number of pyridine rings is 1. The maximum Gasteiger partial charge on any atom is 0.405 e. The molecule has 0 radical (unpaired) electrons. The van der Waals surface area contributed by atoms with Crippen LogP contribution in [0.4, 0.5) is 23.8 Å². The van der Waals surface area contributed by atoms with E-state index in [1.807, 2.05) is 0 Å². The van der Waals surface area contributed by atoms with E-state index in [1.165, 1.54) is 18.3 Å². The zero-order valence-electron chi connectivity index (χ0n) is 9.58. The van der Waals surface area contributed by atoms with Gasteiger partial charge in [-0.2, -0.15) is 13.2 Å². The summed E-state index contributed by atoms with van der Waals surface area (Å²) in [6.45, 7) is -1.75. The number of alkyl halides is 3. The van der Waals surface area contributed by atoms with Gasteiger partial charge in [0.1, 0.15) is 19.0 Å². The lowest BCUT2D eigenvalue weighted by atomic mass is 10.2. The molecule has 0 aliphatic heterocycles. The molecular formula is C11H10F3N3O2. The second-order valence-corrected chi connectivity index (χ2v) is 3.31. The highest BCUT2D eigenvalue weighted by atomic mass is 19.4. The number of nitrogens with zero attached hydrogens (tertiary/aromatic N) is 1. The molecule has 0 bridgehead atoms. The third-order valence-electron chi connectivity index (χ3n) is 1.76. The van der Waals surface area contributed by atoms with Crippen molar-refractivity contribution in [3.05, 3.63) is 23.9 Å². The molecule has 0 atom stereocenters. The molecule has 0 saturated heterocycles. The van der Waals surface area contributed by atoms with Crippen LogP contribution in [0.2, 0.25) is 0 Å². The van der Waals surface area contributed by atoms with Crippen LogP contribution in [0.5, 0.6) is 0 Å². The van der Waals surface area contributed by atoms with E-state index < -0.39 is 18.8 Å². The SMILES string of the molecule is O=C(NCC(F)(F)F)Nc1cc(C#CCO)ccn1. The van der Waals surface area contributed by atoms with Gasteiger partial charge >= 0.3 is 12.2 Å². The molecule has 1 heterocycles. The smallest absolute Gasteiger partial charge is 0.384 e. The summed E-state index contributed by atoms with van der Waals surface area (Å²) in [5.74, 6) is 5.02. The van der Waals surface area contributed by atoms with Crippen molar-refractivity contribution in [3.8, 4) is 11.8 Å². The number of aromatic nitrogens is 1.